The molecule has 6 nitrogen and oxygen atoms in total. The van der Waals surface area contributed by atoms with Gasteiger partial charge in [0.2, 0.25) is 0 Å². The lowest BCUT2D eigenvalue weighted by molar-refractivity contribution is 0.194. The summed E-state index contributed by atoms with van der Waals surface area (Å²) in [4.78, 5) is 8.49. The fourth-order valence-corrected chi connectivity index (χ4v) is 3.17. The molecule has 3 aromatic rings. The van der Waals surface area contributed by atoms with E-state index in [4.69, 9.17) is 10.5 Å². The Labute approximate surface area is 145 Å². The SMILES string of the molecule is N#Cc1c(C2CCOC2)cc(-c2ccc(-n3ccnc3)cc2)nc1N. The van der Waals surface area contributed by atoms with Crippen LogP contribution in [0, 0.1) is 11.3 Å². The number of benzene rings is 1. The van der Waals surface area contributed by atoms with Crippen LogP contribution in [0.5, 0.6) is 0 Å². The van der Waals surface area contributed by atoms with Gasteiger partial charge in [-0.05, 0) is 30.2 Å². The molecule has 0 spiro atoms. The molecule has 3 heterocycles. The fourth-order valence-electron chi connectivity index (χ4n) is 3.17. The summed E-state index contributed by atoms with van der Waals surface area (Å²) in [5.41, 5.74) is 10.2. The second-order valence-corrected chi connectivity index (χ2v) is 6.05. The van der Waals surface area contributed by atoms with Crippen LogP contribution in [0.1, 0.15) is 23.5 Å². The van der Waals surface area contributed by atoms with Crippen molar-refractivity contribution in [3.8, 4) is 23.0 Å². The molecular weight excluding hydrogens is 314 g/mol. The van der Waals surface area contributed by atoms with E-state index in [0.717, 1.165) is 28.9 Å². The number of nitrogens with two attached hydrogens (primary N) is 1. The topological polar surface area (TPSA) is 89.8 Å². The molecule has 6 heteroatoms. The van der Waals surface area contributed by atoms with Crippen molar-refractivity contribution < 1.29 is 4.74 Å². The van der Waals surface area contributed by atoms with E-state index in [1.54, 1.807) is 12.5 Å². The van der Waals surface area contributed by atoms with Crippen molar-refractivity contribution in [3.05, 3.63) is 60.2 Å². The molecule has 1 aliphatic rings. The number of ether oxygens (including phenoxy) is 1. The molecule has 124 valence electrons. The maximum absolute atomic E-state index is 9.44. The Morgan fingerprint density at radius 2 is 2.12 bits per heavy atom. The minimum absolute atomic E-state index is 0.198. The number of aromatic nitrogens is 3. The van der Waals surface area contributed by atoms with Crippen LogP contribution in [0.3, 0.4) is 0 Å². The fraction of sp³-hybridized carbons (Fsp3) is 0.211. The first-order valence-electron chi connectivity index (χ1n) is 8.13. The first kappa shape index (κ1) is 15.4. The van der Waals surface area contributed by atoms with Gasteiger partial charge in [0.25, 0.3) is 0 Å². The lowest BCUT2D eigenvalue weighted by Gasteiger charge is -2.14. The van der Waals surface area contributed by atoms with Crippen molar-refractivity contribution in [2.45, 2.75) is 12.3 Å². The highest BCUT2D eigenvalue weighted by Crippen LogP contribution is 2.33. The number of hydrogen-bond donors (Lipinski definition) is 1. The van der Waals surface area contributed by atoms with E-state index in [1.165, 1.54) is 0 Å². The van der Waals surface area contributed by atoms with Gasteiger partial charge in [0, 0.05) is 36.2 Å². The van der Waals surface area contributed by atoms with Gasteiger partial charge in [-0.1, -0.05) is 12.1 Å². The van der Waals surface area contributed by atoms with Crippen LogP contribution in [0.4, 0.5) is 5.82 Å². The van der Waals surface area contributed by atoms with Crippen molar-refractivity contribution in [1.82, 2.24) is 14.5 Å². The molecule has 1 aliphatic heterocycles. The van der Waals surface area contributed by atoms with E-state index in [-0.39, 0.29) is 11.7 Å². The number of pyridine rings is 1. The van der Waals surface area contributed by atoms with Crippen LogP contribution in [-0.2, 0) is 4.74 Å². The average molecular weight is 331 g/mol. The molecule has 1 fully saturated rings. The Morgan fingerprint density at radius 3 is 2.76 bits per heavy atom. The van der Waals surface area contributed by atoms with Crippen LogP contribution in [0.2, 0.25) is 0 Å². The minimum atomic E-state index is 0.198. The molecule has 1 unspecified atom stereocenters. The van der Waals surface area contributed by atoms with Crippen LogP contribution < -0.4 is 5.73 Å². The summed E-state index contributed by atoms with van der Waals surface area (Å²) in [5.74, 6) is 0.476. The van der Waals surface area contributed by atoms with Crippen molar-refractivity contribution in [2.75, 3.05) is 18.9 Å². The predicted octanol–water partition coefficient (Wildman–Crippen LogP) is 2.89. The van der Waals surface area contributed by atoms with Gasteiger partial charge in [-0.3, -0.25) is 0 Å². The third kappa shape index (κ3) is 2.86. The smallest absolute Gasteiger partial charge is 0.142 e. The zero-order chi connectivity index (χ0) is 17.2. The van der Waals surface area contributed by atoms with E-state index in [9.17, 15) is 5.26 Å². The second kappa shape index (κ2) is 6.38. The molecule has 4 rings (SSSR count). The summed E-state index contributed by atoms with van der Waals surface area (Å²) in [6.45, 7) is 1.34. The van der Waals surface area contributed by atoms with E-state index >= 15 is 0 Å². The number of nitrogen functional groups attached to an aromatic ring is 1. The van der Waals surface area contributed by atoms with E-state index in [2.05, 4.69) is 16.0 Å². The van der Waals surface area contributed by atoms with Crippen LogP contribution >= 0.6 is 0 Å². The Morgan fingerprint density at radius 1 is 1.28 bits per heavy atom. The first-order valence-corrected chi connectivity index (χ1v) is 8.13. The Kier molecular flexibility index (Phi) is 3.92. The molecule has 25 heavy (non-hydrogen) atoms. The van der Waals surface area contributed by atoms with Gasteiger partial charge < -0.3 is 15.0 Å². The predicted molar refractivity (Wildman–Crippen MR) is 94.1 cm³/mol. The summed E-state index contributed by atoms with van der Waals surface area (Å²) < 4.78 is 7.41. The third-order valence-corrected chi connectivity index (χ3v) is 4.52. The van der Waals surface area contributed by atoms with Gasteiger partial charge in [0.1, 0.15) is 11.9 Å². The summed E-state index contributed by atoms with van der Waals surface area (Å²) >= 11 is 0. The number of rotatable bonds is 3. The molecule has 1 saturated heterocycles. The standard InChI is InChI=1S/C19H17N5O/c20-10-17-16(14-5-8-25-11-14)9-18(23-19(17)21)13-1-3-15(4-2-13)24-7-6-22-12-24/h1-4,6-7,9,12,14H,5,8,11H2,(H2,21,23). The van der Waals surface area contributed by atoms with Gasteiger partial charge >= 0.3 is 0 Å². The Balaban J connectivity index is 1.74. The van der Waals surface area contributed by atoms with E-state index < -0.39 is 0 Å². The van der Waals surface area contributed by atoms with Gasteiger partial charge in [-0.15, -0.1) is 0 Å². The Hall–Kier alpha value is -3.17. The summed E-state index contributed by atoms with van der Waals surface area (Å²) in [5, 5.41) is 9.44. The van der Waals surface area contributed by atoms with Gasteiger partial charge in [-0.2, -0.15) is 5.26 Å². The molecule has 1 aromatic carbocycles. The molecule has 0 aliphatic carbocycles. The summed E-state index contributed by atoms with van der Waals surface area (Å²) in [6.07, 6.45) is 6.29. The van der Waals surface area contributed by atoms with Crippen molar-refractivity contribution in [3.63, 3.8) is 0 Å². The molecule has 0 saturated carbocycles. The second-order valence-electron chi connectivity index (χ2n) is 6.05. The van der Waals surface area contributed by atoms with Crippen molar-refractivity contribution in [2.24, 2.45) is 0 Å². The van der Waals surface area contributed by atoms with Crippen molar-refractivity contribution in [1.29, 1.82) is 5.26 Å². The molecule has 2 aromatic heterocycles. The normalized spacial score (nSPS) is 16.7. The zero-order valence-electron chi connectivity index (χ0n) is 13.6. The zero-order valence-corrected chi connectivity index (χ0v) is 13.6. The largest absolute Gasteiger partial charge is 0.383 e. The molecular formula is C19H17N5O. The Bertz CT molecular complexity index is 920. The summed E-state index contributed by atoms with van der Waals surface area (Å²) in [6, 6.07) is 12.2. The number of imidazole rings is 1. The maximum Gasteiger partial charge on any atom is 0.142 e. The van der Waals surface area contributed by atoms with Crippen LogP contribution in [0.25, 0.3) is 16.9 Å². The van der Waals surface area contributed by atoms with Crippen molar-refractivity contribution >= 4 is 5.82 Å². The monoisotopic (exact) mass is 331 g/mol. The van der Waals surface area contributed by atoms with E-state index in [0.29, 0.717) is 18.8 Å². The van der Waals surface area contributed by atoms with Gasteiger partial charge in [0.05, 0.1) is 24.2 Å². The van der Waals surface area contributed by atoms with Crippen LogP contribution in [-0.4, -0.2) is 27.7 Å². The molecule has 1 atom stereocenters. The number of nitriles is 1. The highest BCUT2D eigenvalue weighted by Gasteiger charge is 2.23. The minimum Gasteiger partial charge on any atom is -0.383 e. The van der Waals surface area contributed by atoms with Gasteiger partial charge in [0.15, 0.2) is 0 Å². The number of anilines is 1. The van der Waals surface area contributed by atoms with Gasteiger partial charge in [-0.25, -0.2) is 9.97 Å². The summed E-state index contributed by atoms with van der Waals surface area (Å²) in [7, 11) is 0. The molecule has 0 amide bonds. The third-order valence-electron chi connectivity index (χ3n) is 4.52. The molecule has 0 bridgehead atoms. The maximum atomic E-state index is 9.44. The molecule has 0 radical (unpaired) electrons. The van der Waals surface area contributed by atoms with Crippen LogP contribution in [0.15, 0.2) is 49.1 Å². The quantitative estimate of drug-likeness (QED) is 0.797. The number of nitrogens with zero attached hydrogens (tertiary/aromatic N) is 4. The average Bonchev–Trinajstić information content (AvgIpc) is 3.35. The lowest BCUT2D eigenvalue weighted by atomic mass is 9.93. The first-order chi connectivity index (χ1) is 12.3. The highest BCUT2D eigenvalue weighted by atomic mass is 16.5. The molecule has 2 N–H and O–H groups in total. The number of hydrogen-bond acceptors (Lipinski definition) is 5. The lowest BCUT2D eigenvalue weighted by Crippen LogP contribution is -2.07. The van der Waals surface area contributed by atoms with E-state index in [1.807, 2.05) is 41.1 Å². The highest BCUT2D eigenvalue weighted by molar-refractivity contribution is 5.67.